The lowest BCUT2D eigenvalue weighted by molar-refractivity contribution is -0.121. The van der Waals surface area contributed by atoms with Crippen LogP contribution in [0.2, 0.25) is 0 Å². The lowest BCUT2D eigenvalue weighted by Gasteiger charge is -2.21. The number of hydrogen-bond donors (Lipinski definition) is 2. The Morgan fingerprint density at radius 2 is 1.76 bits per heavy atom. The Kier molecular flexibility index (Phi) is 8.95. The summed E-state index contributed by atoms with van der Waals surface area (Å²) in [6.07, 6.45) is 6.24. The first-order chi connectivity index (χ1) is 13.9. The van der Waals surface area contributed by atoms with Crippen LogP contribution in [0.5, 0.6) is 0 Å². The number of nitrogens with zero attached hydrogens (tertiary/aromatic N) is 2. The van der Waals surface area contributed by atoms with Gasteiger partial charge in [0.1, 0.15) is 0 Å². The smallest absolute Gasteiger partial charge is 0.266 e. The quantitative estimate of drug-likeness (QED) is 0.507. The molecule has 1 saturated heterocycles. The number of sulfonamides is 1. The molecule has 0 aromatic heterocycles. The van der Waals surface area contributed by atoms with Crippen LogP contribution in [-0.2, 0) is 21.2 Å². The molecule has 0 radical (unpaired) electrons. The fourth-order valence-corrected chi connectivity index (χ4v) is 4.71. The molecule has 2 rings (SSSR count). The molecule has 1 aliphatic rings. The highest BCUT2D eigenvalue weighted by Crippen LogP contribution is 2.21. The number of guanidine groups is 1. The minimum Gasteiger partial charge on any atom is -0.356 e. The molecule has 8 heteroatoms. The third-order valence-electron chi connectivity index (χ3n) is 5.14. The predicted octanol–water partition coefficient (Wildman–Crippen LogP) is 2.97. The Balaban J connectivity index is 1.89. The first kappa shape index (κ1) is 23.2. The van der Waals surface area contributed by atoms with Crippen molar-refractivity contribution >= 4 is 21.9 Å². The summed E-state index contributed by atoms with van der Waals surface area (Å²) in [6.45, 7) is 6.32. The molecule has 0 unspecified atom stereocenters. The highest BCUT2D eigenvalue weighted by atomic mass is 32.2. The third-order valence-corrected chi connectivity index (χ3v) is 6.95. The van der Waals surface area contributed by atoms with Crippen molar-refractivity contribution in [2.45, 2.75) is 63.7 Å². The van der Waals surface area contributed by atoms with Gasteiger partial charge in [0.15, 0.2) is 0 Å². The molecule has 7 nitrogen and oxygen atoms in total. The summed E-state index contributed by atoms with van der Waals surface area (Å²) in [7, 11) is -3.71. The van der Waals surface area contributed by atoms with E-state index in [-0.39, 0.29) is 16.8 Å². The highest BCUT2D eigenvalue weighted by molar-refractivity contribution is 7.89. The Bertz CT molecular complexity index is 778. The molecule has 1 aliphatic heterocycles. The summed E-state index contributed by atoms with van der Waals surface area (Å²) in [5.74, 6) is 0.131. The summed E-state index contributed by atoms with van der Waals surface area (Å²) in [5, 5.41) is 11.1. The number of unbranched alkanes of at least 4 members (excludes halogenated alkanes) is 3. The van der Waals surface area contributed by atoms with Gasteiger partial charge in [0.2, 0.25) is 11.9 Å². The molecular weight excluding hydrogens is 388 g/mol. The van der Waals surface area contributed by atoms with Gasteiger partial charge in [-0.1, -0.05) is 45.2 Å². The summed E-state index contributed by atoms with van der Waals surface area (Å²) < 4.78 is 27.0. The maximum atomic E-state index is 12.9. The van der Waals surface area contributed by atoms with Crippen LogP contribution in [0.25, 0.3) is 0 Å². The van der Waals surface area contributed by atoms with Gasteiger partial charge in [-0.15, -0.1) is 0 Å². The zero-order valence-electron chi connectivity index (χ0n) is 17.6. The van der Waals surface area contributed by atoms with Crippen LogP contribution in [-0.4, -0.2) is 55.7 Å². The van der Waals surface area contributed by atoms with Gasteiger partial charge in [0, 0.05) is 26.1 Å². The van der Waals surface area contributed by atoms with Crippen molar-refractivity contribution < 1.29 is 13.2 Å². The van der Waals surface area contributed by atoms with Gasteiger partial charge in [-0.3, -0.25) is 10.2 Å². The van der Waals surface area contributed by atoms with E-state index < -0.39 is 10.0 Å². The first-order valence-electron chi connectivity index (χ1n) is 10.6. The first-order valence-corrected chi connectivity index (χ1v) is 12.1. The molecule has 1 aromatic carbocycles. The van der Waals surface area contributed by atoms with Crippen LogP contribution >= 0.6 is 0 Å². The third kappa shape index (κ3) is 6.45. The normalized spacial score (nSPS) is 14.5. The number of benzene rings is 1. The van der Waals surface area contributed by atoms with Crippen molar-refractivity contribution in [1.29, 1.82) is 5.41 Å². The second kappa shape index (κ2) is 11.2. The SMILES string of the molecule is CCCCCC(=O)NCCc1ccc(S(=O)(=O)N2CCN(CCCC)C2=N)cc1. The van der Waals surface area contributed by atoms with Crippen LogP contribution < -0.4 is 5.32 Å². The number of rotatable bonds is 12. The van der Waals surface area contributed by atoms with Gasteiger partial charge < -0.3 is 10.2 Å². The zero-order chi connectivity index (χ0) is 21.3. The number of carbonyl (C=O) groups excluding carboxylic acids is 1. The van der Waals surface area contributed by atoms with Crippen molar-refractivity contribution in [3.05, 3.63) is 29.8 Å². The van der Waals surface area contributed by atoms with Crippen LogP contribution in [0.4, 0.5) is 0 Å². The molecule has 1 fully saturated rings. The Hall–Kier alpha value is -2.09. The van der Waals surface area contributed by atoms with Gasteiger partial charge in [0.05, 0.1) is 11.4 Å². The molecule has 0 bridgehead atoms. The molecule has 29 heavy (non-hydrogen) atoms. The van der Waals surface area contributed by atoms with E-state index >= 15 is 0 Å². The molecule has 0 aliphatic carbocycles. The van der Waals surface area contributed by atoms with E-state index in [0.717, 1.165) is 37.7 Å². The second-order valence-electron chi connectivity index (χ2n) is 7.44. The molecule has 1 heterocycles. The zero-order valence-corrected chi connectivity index (χ0v) is 18.4. The molecule has 1 amide bonds. The van der Waals surface area contributed by atoms with Crippen molar-refractivity contribution in [2.75, 3.05) is 26.2 Å². The fourth-order valence-electron chi connectivity index (χ4n) is 3.31. The summed E-state index contributed by atoms with van der Waals surface area (Å²) >= 11 is 0. The Morgan fingerprint density at radius 3 is 2.41 bits per heavy atom. The Morgan fingerprint density at radius 1 is 1.07 bits per heavy atom. The predicted molar refractivity (Wildman–Crippen MR) is 115 cm³/mol. The highest BCUT2D eigenvalue weighted by Gasteiger charge is 2.34. The van der Waals surface area contributed by atoms with Crippen molar-refractivity contribution in [2.24, 2.45) is 0 Å². The maximum absolute atomic E-state index is 12.9. The van der Waals surface area contributed by atoms with Crippen molar-refractivity contribution in [3.8, 4) is 0 Å². The monoisotopic (exact) mass is 422 g/mol. The number of carbonyl (C=O) groups is 1. The van der Waals surface area contributed by atoms with Gasteiger partial charge in [-0.25, -0.2) is 12.7 Å². The molecule has 0 atom stereocenters. The molecule has 2 N–H and O–H groups in total. The fraction of sp³-hybridized carbons (Fsp3) is 0.619. The number of hydrogen-bond acceptors (Lipinski definition) is 4. The van der Waals surface area contributed by atoms with Gasteiger partial charge in [-0.05, 0) is 37.0 Å². The molecule has 1 aromatic rings. The molecular formula is C21H34N4O3S. The minimum atomic E-state index is -3.71. The summed E-state index contributed by atoms with van der Waals surface area (Å²) in [6, 6.07) is 6.75. The largest absolute Gasteiger partial charge is 0.356 e. The average molecular weight is 423 g/mol. The van der Waals surface area contributed by atoms with E-state index in [1.165, 1.54) is 4.31 Å². The minimum absolute atomic E-state index is 0.0633. The molecule has 0 spiro atoms. The van der Waals surface area contributed by atoms with E-state index in [9.17, 15) is 13.2 Å². The van der Waals surface area contributed by atoms with E-state index in [2.05, 4.69) is 19.2 Å². The summed E-state index contributed by atoms with van der Waals surface area (Å²) in [4.78, 5) is 13.8. The lowest BCUT2D eigenvalue weighted by Crippen LogP contribution is -2.37. The lowest BCUT2D eigenvalue weighted by atomic mass is 10.1. The standard InChI is InChI=1S/C21H34N4O3S/c1-3-5-7-8-20(26)23-14-13-18-9-11-19(12-10-18)29(27,28)25-17-16-24(21(25)22)15-6-4-2/h9-12,22H,3-8,13-17H2,1-2H3,(H,23,26). The second-order valence-corrected chi connectivity index (χ2v) is 9.30. The molecule has 162 valence electrons. The molecule has 0 saturated carbocycles. The van der Waals surface area contributed by atoms with Crippen molar-refractivity contribution in [3.63, 3.8) is 0 Å². The van der Waals surface area contributed by atoms with Crippen LogP contribution in [0.1, 0.15) is 57.9 Å². The maximum Gasteiger partial charge on any atom is 0.266 e. The van der Waals surface area contributed by atoms with Crippen LogP contribution in [0.3, 0.4) is 0 Å². The van der Waals surface area contributed by atoms with Gasteiger partial charge in [-0.2, -0.15) is 0 Å². The summed E-state index contributed by atoms with van der Waals surface area (Å²) in [5.41, 5.74) is 0.971. The van der Waals surface area contributed by atoms with Crippen LogP contribution in [0.15, 0.2) is 29.2 Å². The van der Waals surface area contributed by atoms with E-state index in [1.54, 1.807) is 24.3 Å². The van der Waals surface area contributed by atoms with Gasteiger partial charge >= 0.3 is 0 Å². The average Bonchev–Trinajstić information content (AvgIpc) is 3.08. The number of nitrogens with one attached hydrogen (secondary N) is 2. The van der Waals surface area contributed by atoms with Crippen LogP contribution in [0, 0.1) is 5.41 Å². The van der Waals surface area contributed by atoms with Gasteiger partial charge in [0.25, 0.3) is 10.0 Å². The topological polar surface area (TPSA) is 93.6 Å². The van der Waals surface area contributed by atoms with E-state index in [1.807, 2.05) is 4.90 Å². The Labute approximate surface area is 175 Å². The van der Waals surface area contributed by atoms with E-state index in [0.29, 0.717) is 39.0 Å². The number of amides is 1. The van der Waals surface area contributed by atoms with Crippen molar-refractivity contribution in [1.82, 2.24) is 14.5 Å². The van der Waals surface area contributed by atoms with E-state index in [4.69, 9.17) is 5.41 Å².